The van der Waals surface area contributed by atoms with Crippen LogP contribution in [0.25, 0.3) is 11.1 Å². The summed E-state index contributed by atoms with van der Waals surface area (Å²) in [4.78, 5) is 26.4. The second kappa shape index (κ2) is 9.61. The summed E-state index contributed by atoms with van der Waals surface area (Å²) in [7, 11) is 0. The van der Waals surface area contributed by atoms with Crippen LogP contribution in [0.5, 0.6) is 0 Å². The number of benzene rings is 1. The largest absolute Gasteiger partial charge is 0.381 e. The van der Waals surface area contributed by atoms with Crippen molar-refractivity contribution in [2.45, 2.75) is 64.5 Å². The maximum atomic E-state index is 13.3. The fourth-order valence-corrected chi connectivity index (χ4v) is 4.57. The number of rotatable bonds is 5. The molecule has 1 N–H and O–H groups in total. The van der Waals surface area contributed by atoms with Gasteiger partial charge in [-0.15, -0.1) is 0 Å². The number of ether oxygens (including phenoxy) is 1. The van der Waals surface area contributed by atoms with Gasteiger partial charge >= 0.3 is 0 Å². The number of carbonyl (C=O) groups is 1. The summed E-state index contributed by atoms with van der Waals surface area (Å²) in [5, 5.41) is 3.12. The van der Waals surface area contributed by atoms with Crippen LogP contribution >= 0.6 is 0 Å². The predicted molar refractivity (Wildman–Crippen MR) is 119 cm³/mol. The van der Waals surface area contributed by atoms with Crippen LogP contribution in [0.4, 0.5) is 0 Å². The van der Waals surface area contributed by atoms with E-state index in [-0.39, 0.29) is 22.9 Å². The minimum Gasteiger partial charge on any atom is -0.381 e. The Kier molecular flexibility index (Phi) is 6.68. The summed E-state index contributed by atoms with van der Waals surface area (Å²) in [6, 6.07) is 8.12. The predicted octanol–water partition coefficient (Wildman–Crippen LogP) is 4.31. The Morgan fingerprint density at radius 1 is 1.03 bits per heavy atom. The van der Waals surface area contributed by atoms with E-state index in [0.717, 1.165) is 69.4 Å². The highest BCUT2D eigenvalue weighted by Gasteiger charge is 2.22. The first-order chi connectivity index (χ1) is 14.6. The fraction of sp³-hybridized carbons (Fsp3) is 0.520. The SMILES string of the molecule is Cc1ccc(-c2cn(CC3CCOCC3)cc(C(=O)NC3CCCCC3)c2=O)cc1. The zero-order valence-electron chi connectivity index (χ0n) is 17.9. The van der Waals surface area contributed by atoms with E-state index in [1.165, 1.54) is 6.42 Å². The summed E-state index contributed by atoms with van der Waals surface area (Å²) in [5.41, 5.74) is 2.67. The molecule has 2 heterocycles. The highest BCUT2D eigenvalue weighted by Crippen LogP contribution is 2.21. The third kappa shape index (κ3) is 5.01. The van der Waals surface area contributed by atoms with Crippen molar-refractivity contribution in [3.63, 3.8) is 0 Å². The monoisotopic (exact) mass is 408 g/mol. The van der Waals surface area contributed by atoms with E-state index in [4.69, 9.17) is 4.74 Å². The molecular formula is C25H32N2O3. The highest BCUT2D eigenvalue weighted by atomic mass is 16.5. The van der Waals surface area contributed by atoms with E-state index in [0.29, 0.717) is 11.5 Å². The van der Waals surface area contributed by atoms with E-state index in [1.807, 2.05) is 42.0 Å². The number of pyridine rings is 1. The number of amides is 1. The van der Waals surface area contributed by atoms with Gasteiger partial charge in [-0.25, -0.2) is 0 Å². The molecule has 160 valence electrons. The van der Waals surface area contributed by atoms with Crippen LogP contribution in [-0.2, 0) is 11.3 Å². The molecule has 2 aliphatic rings. The number of hydrogen-bond donors (Lipinski definition) is 1. The molecule has 0 atom stereocenters. The molecule has 5 nitrogen and oxygen atoms in total. The van der Waals surface area contributed by atoms with Gasteiger partial charge in [-0.2, -0.15) is 0 Å². The van der Waals surface area contributed by atoms with Crippen LogP contribution < -0.4 is 10.7 Å². The van der Waals surface area contributed by atoms with Crippen LogP contribution in [0.2, 0.25) is 0 Å². The minimum absolute atomic E-state index is 0.178. The molecule has 2 aromatic rings. The zero-order valence-corrected chi connectivity index (χ0v) is 17.9. The lowest BCUT2D eigenvalue weighted by molar-refractivity contribution is 0.0611. The summed E-state index contributed by atoms with van der Waals surface area (Å²) < 4.78 is 7.53. The molecule has 1 aromatic carbocycles. The fourth-order valence-electron chi connectivity index (χ4n) is 4.57. The number of aromatic nitrogens is 1. The van der Waals surface area contributed by atoms with E-state index in [9.17, 15) is 9.59 Å². The lowest BCUT2D eigenvalue weighted by Crippen LogP contribution is -2.39. The van der Waals surface area contributed by atoms with Crippen molar-refractivity contribution in [1.82, 2.24) is 9.88 Å². The van der Waals surface area contributed by atoms with Gasteiger partial charge in [0.15, 0.2) is 0 Å². The molecule has 0 bridgehead atoms. The highest BCUT2D eigenvalue weighted by molar-refractivity contribution is 5.95. The maximum Gasteiger partial charge on any atom is 0.256 e. The van der Waals surface area contributed by atoms with E-state index in [2.05, 4.69) is 5.32 Å². The Hall–Kier alpha value is -2.40. The van der Waals surface area contributed by atoms with Gasteiger partial charge in [0.05, 0.1) is 0 Å². The van der Waals surface area contributed by atoms with Crippen molar-refractivity contribution in [3.8, 4) is 11.1 Å². The van der Waals surface area contributed by atoms with Gasteiger partial charge in [0.25, 0.3) is 5.91 Å². The first kappa shape index (κ1) is 20.9. The number of nitrogens with zero attached hydrogens (tertiary/aromatic N) is 1. The van der Waals surface area contributed by atoms with Crippen LogP contribution in [0, 0.1) is 12.8 Å². The van der Waals surface area contributed by atoms with Gasteiger partial charge in [0, 0.05) is 43.8 Å². The Morgan fingerprint density at radius 3 is 2.43 bits per heavy atom. The number of nitrogens with one attached hydrogen (secondary N) is 1. The third-order valence-corrected chi connectivity index (χ3v) is 6.44. The van der Waals surface area contributed by atoms with Gasteiger partial charge in [0.2, 0.25) is 5.43 Å². The van der Waals surface area contributed by atoms with Gasteiger partial charge < -0.3 is 14.6 Å². The van der Waals surface area contributed by atoms with Crippen molar-refractivity contribution >= 4 is 5.91 Å². The lowest BCUT2D eigenvalue weighted by atomic mass is 9.95. The van der Waals surface area contributed by atoms with E-state index in [1.54, 1.807) is 6.20 Å². The van der Waals surface area contributed by atoms with Crippen molar-refractivity contribution in [3.05, 3.63) is 58.0 Å². The smallest absolute Gasteiger partial charge is 0.256 e. The molecular weight excluding hydrogens is 376 g/mol. The molecule has 4 rings (SSSR count). The molecule has 0 spiro atoms. The van der Waals surface area contributed by atoms with E-state index < -0.39 is 0 Å². The molecule has 1 saturated heterocycles. The minimum atomic E-state index is -0.235. The molecule has 0 radical (unpaired) electrons. The van der Waals surface area contributed by atoms with Crippen LogP contribution in [-0.4, -0.2) is 29.7 Å². The second-order valence-electron chi connectivity index (χ2n) is 8.84. The normalized spacial score (nSPS) is 18.3. The van der Waals surface area contributed by atoms with Crippen molar-refractivity contribution in [2.75, 3.05) is 13.2 Å². The van der Waals surface area contributed by atoms with Gasteiger partial charge in [-0.3, -0.25) is 9.59 Å². The van der Waals surface area contributed by atoms with Crippen LogP contribution in [0.3, 0.4) is 0 Å². The lowest BCUT2D eigenvalue weighted by Gasteiger charge is -2.25. The van der Waals surface area contributed by atoms with Crippen molar-refractivity contribution in [2.24, 2.45) is 5.92 Å². The van der Waals surface area contributed by atoms with Gasteiger partial charge in [0.1, 0.15) is 5.56 Å². The molecule has 5 heteroatoms. The maximum absolute atomic E-state index is 13.3. The van der Waals surface area contributed by atoms with Crippen LogP contribution in [0.15, 0.2) is 41.5 Å². The Bertz CT molecular complexity index is 920. The molecule has 30 heavy (non-hydrogen) atoms. The molecule has 0 unspecified atom stereocenters. The number of aryl methyl sites for hydroxylation is 1. The van der Waals surface area contributed by atoms with Gasteiger partial charge in [-0.1, -0.05) is 49.1 Å². The first-order valence-corrected chi connectivity index (χ1v) is 11.3. The summed E-state index contributed by atoms with van der Waals surface area (Å²) in [5.74, 6) is 0.267. The summed E-state index contributed by atoms with van der Waals surface area (Å²) >= 11 is 0. The zero-order chi connectivity index (χ0) is 20.9. The Morgan fingerprint density at radius 2 is 1.73 bits per heavy atom. The molecule has 1 saturated carbocycles. The topological polar surface area (TPSA) is 60.3 Å². The average molecular weight is 409 g/mol. The molecule has 1 amide bonds. The molecule has 1 aliphatic carbocycles. The van der Waals surface area contributed by atoms with E-state index >= 15 is 0 Å². The Balaban J connectivity index is 1.66. The molecule has 2 fully saturated rings. The number of hydrogen-bond acceptors (Lipinski definition) is 3. The second-order valence-corrected chi connectivity index (χ2v) is 8.84. The van der Waals surface area contributed by atoms with Crippen LogP contribution in [0.1, 0.15) is 60.9 Å². The third-order valence-electron chi connectivity index (χ3n) is 6.44. The quantitative estimate of drug-likeness (QED) is 0.802. The summed E-state index contributed by atoms with van der Waals surface area (Å²) in [6.07, 6.45) is 11.2. The Labute approximate surface area is 178 Å². The average Bonchev–Trinajstić information content (AvgIpc) is 2.77. The first-order valence-electron chi connectivity index (χ1n) is 11.3. The standard InChI is InChI=1S/C25H32N2O3/c1-18-7-9-20(10-8-18)22-16-27(15-19-11-13-30-14-12-19)17-23(24(22)28)25(29)26-21-5-3-2-4-6-21/h7-10,16-17,19,21H,2-6,11-15H2,1H3,(H,26,29). The molecule has 1 aliphatic heterocycles. The number of carbonyl (C=O) groups excluding carboxylic acids is 1. The van der Waals surface area contributed by atoms with Crippen molar-refractivity contribution < 1.29 is 9.53 Å². The van der Waals surface area contributed by atoms with Crippen molar-refractivity contribution in [1.29, 1.82) is 0 Å². The molecule has 1 aromatic heterocycles. The van der Waals surface area contributed by atoms with Gasteiger partial charge in [-0.05, 0) is 44.1 Å². The summed E-state index contributed by atoms with van der Waals surface area (Å²) in [6.45, 7) is 4.39.